The second-order valence-corrected chi connectivity index (χ2v) is 5.46. The molecule has 118 valence electrons. The summed E-state index contributed by atoms with van der Waals surface area (Å²) in [5.74, 6) is -0.483. The summed E-state index contributed by atoms with van der Waals surface area (Å²) in [6.45, 7) is 2.08. The van der Waals surface area contributed by atoms with Crippen molar-refractivity contribution in [3.05, 3.63) is 17.5 Å². The number of carbonyl (C=O) groups is 1. The fourth-order valence-electron chi connectivity index (χ4n) is 2.34. The summed E-state index contributed by atoms with van der Waals surface area (Å²) in [6.07, 6.45) is -0.563. The van der Waals surface area contributed by atoms with E-state index in [4.69, 9.17) is 0 Å². The van der Waals surface area contributed by atoms with E-state index in [0.717, 1.165) is 31.7 Å². The second-order valence-electron chi connectivity index (χ2n) is 5.46. The van der Waals surface area contributed by atoms with Gasteiger partial charge in [0.15, 0.2) is 0 Å². The molecule has 5 nitrogen and oxygen atoms in total. The summed E-state index contributed by atoms with van der Waals surface area (Å²) in [5, 5.41) is 8.57. The van der Waals surface area contributed by atoms with Crippen LogP contribution in [0.1, 0.15) is 44.1 Å². The first-order valence-corrected chi connectivity index (χ1v) is 6.91. The fraction of sp³-hybridized carbons (Fsp3) is 0.692. The number of carbonyl (C=O) groups excluding carboxylic acids is 1. The predicted molar refractivity (Wildman–Crippen MR) is 68.3 cm³/mol. The number of halogens is 3. The van der Waals surface area contributed by atoms with E-state index in [1.807, 2.05) is 0 Å². The lowest BCUT2D eigenvalue weighted by Gasteiger charge is -2.26. The topological polar surface area (TPSA) is 67.2 Å². The van der Waals surface area contributed by atoms with Crippen molar-refractivity contribution in [1.82, 2.24) is 15.8 Å². The van der Waals surface area contributed by atoms with E-state index in [1.54, 1.807) is 0 Å². The van der Waals surface area contributed by atoms with Crippen LogP contribution in [-0.2, 0) is 12.7 Å². The summed E-state index contributed by atoms with van der Waals surface area (Å²) < 4.78 is 41.1. The Morgan fingerprint density at radius 3 is 2.62 bits per heavy atom. The van der Waals surface area contributed by atoms with Gasteiger partial charge in [-0.3, -0.25) is 0 Å². The van der Waals surface area contributed by atoms with E-state index in [-0.39, 0.29) is 18.3 Å². The molecule has 2 amide bonds. The van der Waals surface area contributed by atoms with Crippen molar-refractivity contribution in [3.63, 3.8) is 0 Å². The minimum absolute atomic E-state index is 0.0368. The van der Waals surface area contributed by atoms with Crippen molar-refractivity contribution in [3.8, 4) is 0 Å². The number of nitrogens with one attached hydrogen (secondary N) is 2. The number of aromatic nitrogens is 1. The highest BCUT2D eigenvalue weighted by atomic mass is 19.4. The van der Waals surface area contributed by atoms with E-state index < -0.39 is 18.0 Å². The quantitative estimate of drug-likeness (QED) is 0.902. The molecule has 21 heavy (non-hydrogen) atoms. The molecule has 1 aliphatic rings. The van der Waals surface area contributed by atoms with Crippen LogP contribution in [0.3, 0.4) is 0 Å². The molecular weight excluding hydrogens is 287 g/mol. The van der Waals surface area contributed by atoms with E-state index in [0.29, 0.717) is 5.92 Å². The third kappa shape index (κ3) is 4.64. The first kappa shape index (κ1) is 15.7. The van der Waals surface area contributed by atoms with Crippen molar-refractivity contribution in [1.29, 1.82) is 0 Å². The van der Waals surface area contributed by atoms with Gasteiger partial charge in [-0.05, 0) is 31.6 Å². The molecule has 0 aromatic carbocycles. The van der Waals surface area contributed by atoms with Gasteiger partial charge in [0, 0.05) is 12.1 Å². The van der Waals surface area contributed by atoms with Crippen LogP contribution in [0.25, 0.3) is 0 Å². The molecular formula is C13H18F3N3O2. The van der Waals surface area contributed by atoms with E-state index >= 15 is 0 Å². The average Bonchev–Trinajstić information content (AvgIpc) is 2.88. The highest BCUT2D eigenvalue weighted by molar-refractivity contribution is 5.74. The van der Waals surface area contributed by atoms with Crippen LogP contribution in [0, 0.1) is 5.92 Å². The average molecular weight is 305 g/mol. The Bertz CT molecular complexity index is 479. The van der Waals surface area contributed by atoms with Crippen molar-refractivity contribution in [2.45, 2.75) is 51.4 Å². The lowest BCUT2D eigenvalue weighted by Crippen LogP contribution is -2.43. The van der Waals surface area contributed by atoms with E-state index in [9.17, 15) is 18.0 Å². The van der Waals surface area contributed by atoms with Crippen LogP contribution in [-0.4, -0.2) is 17.2 Å². The molecule has 0 spiro atoms. The van der Waals surface area contributed by atoms with Crippen molar-refractivity contribution >= 4 is 6.03 Å². The highest BCUT2D eigenvalue weighted by Gasteiger charge is 2.36. The molecule has 2 N–H and O–H groups in total. The van der Waals surface area contributed by atoms with Gasteiger partial charge in [-0.15, -0.1) is 0 Å². The van der Waals surface area contributed by atoms with Gasteiger partial charge in [0.1, 0.15) is 5.69 Å². The molecule has 1 aromatic rings. The molecule has 2 rings (SSSR count). The molecule has 8 heteroatoms. The van der Waals surface area contributed by atoms with Gasteiger partial charge in [-0.1, -0.05) is 12.1 Å². The Hall–Kier alpha value is -1.73. The summed E-state index contributed by atoms with van der Waals surface area (Å²) in [6, 6.07) is 0.512. The minimum Gasteiger partial charge on any atom is -0.351 e. The van der Waals surface area contributed by atoms with Crippen LogP contribution in [0.2, 0.25) is 0 Å². The number of nitrogens with zero attached hydrogens (tertiary/aromatic N) is 1. The zero-order valence-corrected chi connectivity index (χ0v) is 11.7. The normalized spacial score (nSPS) is 22.9. The van der Waals surface area contributed by atoms with E-state index in [1.165, 1.54) is 0 Å². The first-order valence-electron chi connectivity index (χ1n) is 6.91. The SMILES string of the molecule is CC1CCC(NC(=O)NCc2cc(C(F)(F)F)on2)CC1. The molecule has 1 aromatic heterocycles. The van der Waals surface area contributed by atoms with Crippen molar-refractivity contribution in [2.24, 2.45) is 5.92 Å². The molecule has 1 heterocycles. The summed E-state index contributed by atoms with van der Waals surface area (Å²) in [7, 11) is 0. The van der Waals surface area contributed by atoms with E-state index in [2.05, 4.69) is 27.2 Å². The van der Waals surface area contributed by atoms with Crippen molar-refractivity contribution < 1.29 is 22.5 Å². The number of hydrogen-bond donors (Lipinski definition) is 2. The van der Waals surface area contributed by atoms with Crippen LogP contribution >= 0.6 is 0 Å². The maximum absolute atomic E-state index is 12.3. The molecule has 0 saturated heterocycles. The van der Waals surface area contributed by atoms with Crippen molar-refractivity contribution in [2.75, 3.05) is 0 Å². The molecule has 0 radical (unpaired) electrons. The summed E-state index contributed by atoms with van der Waals surface area (Å²) >= 11 is 0. The molecule has 0 bridgehead atoms. The van der Waals surface area contributed by atoms with Crippen LogP contribution in [0.5, 0.6) is 0 Å². The van der Waals surface area contributed by atoms with Gasteiger partial charge in [-0.25, -0.2) is 4.79 Å². The Labute approximate surface area is 120 Å². The maximum atomic E-state index is 12.3. The standard InChI is InChI=1S/C13H18F3N3O2/c1-8-2-4-9(5-3-8)18-12(20)17-7-10-6-11(21-19-10)13(14,15)16/h6,8-9H,2-5,7H2,1H3,(H2,17,18,20). The third-order valence-electron chi connectivity index (χ3n) is 3.62. The number of amides is 2. The van der Waals surface area contributed by atoms with Gasteiger partial charge in [0.25, 0.3) is 0 Å². The predicted octanol–water partition coefficient (Wildman–Crippen LogP) is 3.07. The largest absolute Gasteiger partial charge is 0.452 e. The van der Waals surface area contributed by atoms with Gasteiger partial charge in [0.05, 0.1) is 6.54 Å². The zero-order valence-electron chi connectivity index (χ0n) is 11.7. The van der Waals surface area contributed by atoms with Gasteiger partial charge >= 0.3 is 12.2 Å². The smallest absolute Gasteiger partial charge is 0.351 e. The lowest BCUT2D eigenvalue weighted by molar-refractivity contribution is -0.155. The number of rotatable bonds is 3. The molecule has 0 atom stereocenters. The number of urea groups is 1. The Morgan fingerprint density at radius 2 is 2.05 bits per heavy atom. The second kappa shape index (κ2) is 6.36. The Balaban J connectivity index is 1.75. The monoisotopic (exact) mass is 305 g/mol. The highest BCUT2D eigenvalue weighted by Crippen LogP contribution is 2.29. The molecule has 1 fully saturated rings. The fourth-order valence-corrected chi connectivity index (χ4v) is 2.34. The molecule has 1 saturated carbocycles. The minimum atomic E-state index is -4.56. The third-order valence-corrected chi connectivity index (χ3v) is 3.62. The first-order chi connectivity index (χ1) is 9.84. The van der Waals surface area contributed by atoms with Crippen LogP contribution in [0.15, 0.2) is 10.6 Å². The van der Waals surface area contributed by atoms with Gasteiger partial charge < -0.3 is 15.2 Å². The van der Waals surface area contributed by atoms with Gasteiger partial charge in [0.2, 0.25) is 5.76 Å². The Kier molecular flexibility index (Phi) is 4.74. The summed E-state index contributed by atoms with van der Waals surface area (Å²) in [4.78, 5) is 11.7. The van der Waals surface area contributed by atoms with Gasteiger partial charge in [-0.2, -0.15) is 13.2 Å². The van der Waals surface area contributed by atoms with Crippen LogP contribution < -0.4 is 10.6 Å². The molecule has 1 aliphatic carbocycles. The zero-order chi connectivity index (χ0) is 15.5. The molecule has 0 aliphatic heterocycles. The summed E-state index contributed by atoms with van der Waals surface area (Å²) in [5.41, 5.74) is 0.0368. The number of alkyl halides is 3. The maximum Gasteiger partial charge on any atom is 0.452 e. The van der Waals surface area contributed by atoms with Crippen LogP contribution in [0.4, 0.5) is 18.0 Å². The number of hydrogen-bond acceptors (Lipinski definition) is 3. The lowest BCUT2D eigenvalue weighted by atomic mass is 9.87. The Morgan fingerprint density at radius 1 is 1.38 bits per heavy atom. The molecule has 0 unspecified atom stereocenters.